The molecule has 114 valence electrons. The highest BCUT2D eigenvalue weighted by Gasteiger charge is 2.25. The van der Waals surface area contributed by atoms with Gasteiger partial charge in [-0.25, -0.2) is 5.43 Å². The third-order valence-corrected chi connectivity index (χ3v) is 4.43. The molecule has 0 spiro atoms. The first-order valence-corrected chi connectivity index (χ1v) is 8.10. The predicted octanol–water partition coefficient (Wildman–Crippen LogP) is 3.55. The maximum Gasteiger partial charge on any atom is 0.161 e. The lowest BCUT2D eigenvalue weighted by Gasteiger charge is -2.22. The lowest BCUT2D eigenvalue weighted by molar-refractivity contribution is 0.394. The van der Waals surface area contributed by atoms with Crippen molar-refractivity contribution in [1.82, 2.24) is 15.2 Å². The smallest absolute Gasteiger partial charge is 0.161 e. The summed E-state index contributed by atoms with van der Waals surface area (Å²) in [5.41, 5.74) is 4.77. The minimum absolute atomic E-state index is 0.200. The molecular weight excluding hydrogens is 400 g/mol. The third kappa shape index (κ3) is 3.31. The van der Waals surface area contributed by atoms with Gasteiger partial charge >= 0.3 is 0 Å². The lowest BCUT2D eigenvalue weighted by Crippen LogP contribution is -2.31. The van der Waals surface area contributed by atoms with Crippen LogP contribution in [0.4, 0.5) is 0 Å². The SMILES string of the molecule is COc1cnn(C(C)C)c1C(NN)c1cc(Br)ccc1Br. The van der Waals surface area contributed by atoms with Crippen LogP contribution >= 0.6 is 31.9 Å². The Balaban J connectivity index is 2.61. The quantitative estimate of drug-likeness (QED) is 0.576. The first kappa shape index (κ1) is 16.5. The normalized spacial score (nSPS) is 12.7. The molecule has 1 unspecified atom stereocenters. The molecule has 7 heteroatoms. The Morgan fingerprint density at radius 1 is 1.33 bits per heavy atom. The van der Waals surface area contributed by atoms with Crippen LogP contribution in [0.25, 0.3) is 0 Å². The Bertz CT molecular complexity index is 627. The van der Waals surface area contributed by atoms with Gasteiger partial charge in [-0.1, -0.05) is 31.9 Å². The van der Waals surface area contributed by atoms with Crippen molar-refractivity contribution in [3.63, 3.8) is 0 Å². The van der Waals surface area contributed by atoms with E-state index < -0.39 is 0 Å². The fourth-order valence-corrected chi connectivity index (χ4v) is 3.11. The van der Waals surface area contributed by atoms with Crippen LogP contribution in [0.3, 0.4) is 0 Å². The van der Waals surface area contributed by atoms with E-state index in [4.69, 9.17) is 10.6 Å². The topological polar surface area (TPSA) is 65.1 Å². The van der Waals surface area contributed by atoms with Gasteiger partial charge in [0.15, 0.2) is 5.75 Å². The van der Waals surface area contributed by atoms with Gasteiger partial charge in [-0.3, -0.25) is 10.5 Å². The van der Waals surface area contributed by atoms with Crippen LogP contribution in [0.5, 0.6) is 5.75 Å². The van der Waals surface area contributed by atoms with Gasteiger partial charge in [-0.05, 0) is 37.6 Å². The first-order chi connectivity index (χ1) is 9.99. The standard InChI is InChI=1S/C14H18Br2N4O/c1-8(2)20-14(12(21-3)7-18-20)13(19-17)10-6-9(15)4-5-11(10)16/h4-8,13,19H,17H2,1-3H3. The predicted molar refractivity (Wildman–Crippen MR) is 90.2 cm³/mol. The van der Waals surface area contributed by atoms with E-state index in [0.717, 1.165) is 20.2 Å². The number of halogens is 2. The van der Waals surface area contributed by atoms with Gasteiger partial charge in [-0.2, -0.15) is 5.10 Å². The van der Waals surface area contributed by atoms with Crippen molar-refractivity contribution in [2.45, 2.75) is 25.9 Å². The molecule has 3 N–H and O–H groups in total. The monoisotopic (exact) mass is 416 g/mol. The summed E-state index contributed by atoms with van der Waals surface area (Å²) in [6.07, 6.45) is 1.71. The molecule has 0 aliphatic rings. The summed E-state index contributed by atoms with van der Waals surface area (Å²) in [6, 6.07) is 5.93. The van der Waals surface area contributed by atoms with E-state index in [9.17, 15) is 0 Å². The molecule has 1 atom stereocenters. The van der Waals surface area contributed by atoms with Gasteiger partial charge in [0.2, 0.25) is 0 Å². The second-order valence-electron chi connectivity index (χ2n) is 4.90. The summed E-state index contributed by atoms with van der Waals surface area (Å²) in [6.45, 7) is 4.14. The van der Waals surface area contributed by atoms with Gasteiger partial charge in [0.05, 0.1) is 19.3 Å². The van der Waals surface area contributed by atoms with Crippen LogP contribution in [0.2, 0.25) is 0 Å². The number of rotatable bonds is 5. The van der Waals surface area contributed by atoms with Gasteiger partial charge in [0.25, 0.3) is 0 Å². The molecular formula is C14H18Br2N4O. The number of hydrogen-bond donors (Lipinski definition) is 2. The molecule has 0 amide bonds. The molecule has 2 rings (SSSR count). The van der Waals surface area contributed by atoms with Gasteiger partial charge in [0.1, 0.15) is 5.69 Å². The highest BCUT2D eigenvalue weighted by molar-refractivity contribution is 9.11. The highest BCUT2D eigenvalue weighted by atomic mass is 79.9. The molecule has 0 radical (unpaired) electrons. The summed E-state index contributed by atoms with van der Waals surface area (Å²) >= 11 is 7.08. The Morgan fingerprint density at radius 2 is 2.05 bits per heavy atom. The molecule has 0 aliphatic heterocycles. The molecule has 2 aromatic rings. The van der Waals surface area contributed by atoms with Gasteiger partial charge in [-0.15, -0.1) is 0 Å². The van der Waals surface area contributed by atoms with Crippen LogP contribution in [0.1, 0.15) is 37.2 Å². The minimum atomic E-state index is -0.239. The average Bonchev–Trinajstić information content (AvgIpc) is 2.87. The van der Waals surface area contributed by atoms with E-state index in [1.165, 1.54) is 0 Å². The highest BCUT2D eigenvalue weighted by Crippen LogP contribution is 2.35. The van der Waals surface area contributed by atoms with E-state index in [-0.39, 0.29) is 12.1 Å². The number of hydrazine groups is 1. The van der Waals surface area contributed by atoms with E-state index in [2.05, 4.69) is 56.2 Å². The van der Waals surface area contributed by atoms with Crippen molar-refractivity contribution in [3.05, 3.63) is 44.6 Å². The Hall–Kier alpha value is -0.890. The van der Waals surface area contributed by atoms with Crippen molar-refractivity contribution in [1.29, 1.82) is 0 Å². The molecule has 0 aliphatic carbocycles. The summed E-state index contributed by atoms with van der Waals surface area (Å²) in [4.78, 5) is 0. The zero-order chi connectivity index (χ0) is 15.6. The Labute approximate surface area is 141 Å². The molecule has 1 heterocycles. The van der Waals surface area contributed by atoms with Crippen LogP contribution in [-0.4, -0.2) is 16.9 Å². The first-order valence-electron chi connectivity index (χ1n) is 6.52. The second-order valence-corrected chi connectivity index (χ2v) is 6.67. The van der Waals surface area contributed by atoms with Crippen LogP contribution in [-0.2, 0) is 0 Å². The molecule has 1 aromatic carbocycles. The number of nitrogens with one attached hydrogen (secondary N) is 1. The number of nitrogens with two attached hydrogens (primary N) is 1. The largest absolute Gasteiger partial charge is 0.493 e. The summed E-state index contributed by atoms with van der Waals surface area (Å²) in [5.74, 6) is 6.53. The summed E-state index contributed by atoms with van der Waals surface area (Å²) in [7, 11) is 1.63. The Kier molecular flexibility index (Phi) is 5.43. The molecule has 0 saturated carbocycles. The molecule has 1 aromatic heterocycles. The fourth-order valence-electron chi connectivity index (χ4n) is 2.25. The van der Waals surface area contributed by atoms with E-state index in [1.807, 2.05) is 22.9 Å². The maximum absolute atomic E-state index is 5.82. The molecule has 0 fully saturated rings. The lowest BCUT2D eigenvalue weighted by atomic mass is 10.0. The number of aromatic nitrogens is 2. The van der Waals surface area contributed by atoms with E-state index in [0.29, 0.717) is 5.75 Å². The van der Waals surface area contributed by atoms with Crippen LogP contribution in [0, 0.1) is 0 Å². The second kappa shape index (κ2) is 6.91. The van der Waals surface area contributed by atoms with Crippen molar-refractivity contribution in [2.75, 3.05) is 7.11 Å². The molecule has 21 heavy (non-hydrogen) atoms. The van der Waals surface area contributed by atoms with Crippen LogP contribution < -0.4 is 16.0 Å². The third-order valence-electron chi connectivity index (χ3n) is 3.22. The van der Waals surface area contributed by atoms with Crippen molar-refractivity contribution in [3.8, 4) is 5.75 Å². The number of methoxy groups -OCH3 is 1. The van der Waals surface area contributed by atoms with Gasteiger partial charge < -0.3 is 4.74 Å². The average molecular weight is 418 g/mol. The van der Waals surface area contributed by atoms with Crippen molar-refractivity contribution < 1.29 is 4.74 Å². The minimum Gasteiger partial charge on any atom is -0.493 e. The number of nitrogens with zero attached hydrogens (tertiary/aromatic N) is 2. The number of ether oxygens (including phenoxy) is 1. The summed E-state index contributed by atoms with van der Waals surface area (Å²) in [5, 5.41) is 4.40. The zero-order valence-corrected chi connectivity index (χ0v) is 15.3. The maximum atomic E-state index is 5.82. The Morgan fingerprint density at radius 3 is 2.62 bits per heavy atom. The summed E-state index contributed by atoms with van der Waals surface area (Å²) < 4.78 is 9.31. The van der Waals surface area contributed by atoms with Crippen LogP contribution in [0.15, 0.2) is 33.3 Å². The molecule has 0 bridgehead atoms. The van der Waals surface area contributed by atoms with E-state index in [1.54, 1.807) is 13.3 Å². The molecule has 0 saturated heterocycles. The van der Waals surface area contributed by atoms with Crippen molar-refractivity contribution in [2.24, 2.45) is 5.84 Å². The molecule has 5 nitrogen and oxygen atoms in total. The fraction of sp³-hybridized carbons (Fsp3) is 0.357. The number of benzene rings is 1. The van der Waals surface area contributed by atoms with E-state index >= 15 is 0 Å². The van der Waals surface area contributed by atoms with Gasteiger partial charge in [0, 0.05) is 15.0 Å². The zero-order valence-electron chi connectivity index (χ0n) is 12.1. The van der Waals surface area contributed by atoms with Crippen molar-refractivity contribution >= 4 is 31.9 Å². The number of hydrogen-bond acceptors (Lipinski definition) is 4.